The van der Waals surface area contributed by atoms with Gasteiger partial charge in [0.05, 0.1) is 20.3 Å². The highest BCUT2D eigenvalue weighted by Crippen LogP contribution is 2.25. The van der Waals surface area contributed by atoms with E-state index < -0.39 is 0 Å². The molecule has 0 radical (unpaired) electrons. The van der Waals surface area contributed by atoms with Crippen LogP contribution in [-0.2, 0) is 0 Å². The van der Waals surface area contributed by atoms with Crippen molar-refractivity contribution < 1.29 is 18.6 Å². The standard InChI is InChI=1S/C19H20N2O4S/c1-3-23-16-8-10-17(11-9-16)24-12-13-26-19-21-20-18(25-19)14-4-6-15(22-2)7-5-14/h4-11H,3,12-13H2,1-2H3. The minimum Gasteiger partial charge on any atom is -0.497 e. The molecule has 7 heteroatoms. The second kappa shape index (κ2) is 9.15. The molecule has 0 spiro atoms. The largest absolute Gasteiger partial charge is 0.497 e. The summed E-state index contributed by atoms with van der Waals surface area (Å²) in [5.74, 6) is 3.62. The smallest absolute Gasteiger partial charge is 0.276 e. The predicted molar refractivity (Wildman–Crippen MR) is 100 cm³/mol. The van der Waals surface area contributed by atoms with Gasteiger partial charge in [-0.05, 0) is 55.5 Å². The molecule has 6 nitrogen and oxygen atoms in total. The maximum Gasteiger partial charge on any atom is 0.276 e. The second-order valence-corrected chi connectivity index (χ2v) is 6.25. The van der Waals surface area contributed by atoms with Crippen LogP contribution in [0.15, 0.2) is 58.2 Å². The Morgan fingerprint density at radius 2 is 1.54 bits per heavy atom. The second-order valence-electron chi connectivity index (χ2n) is 5.20. The van der Waals surface area contributed by atoms with Crippen LogP contribution in [0.2, 0.25) is 0 Å². The number of benzene rings is 2. The van der Waals surface area contributed by atoms with E-state index in [1.165, 1.54) is 11.8 Å². The summed E-state index contributed by atoms with van der Waals surface area (Å²) in [6.07, 6.45) is 0. The van der Waals surface area contributed by atoms with Crippen molar-refractivity contribution in [1.82, 2.24) is 10.2 Å². The van der Waals surface area contributed by atoms with Crippen LogP contribution in [0.5, 0.6) is 17.2 Å². The summed E-state index contributed by atoms with van der Waals surface area (Å²) in [7, 11) is 1.63. The summed E-state index contributed by atoms with van der Waals surface area (Å²) >= 11 is 1.46. The van der Waals surface area contributed by atoms with Gasteiger partial charge < -0.3 is 18.6 Å². The topological polar surface area (TPSA) is 66.6 Å². The van der Waals surface area contributed by atoms with Gasteiger partial charge in [-0.15, -0.1) is 10.2 Å². The van der Waals surface area contributed by atoms with E-state index in [1.54, 1.807) is 7.11 Å². The summed E-state index contributed by atoms with van der Waals surface area (Å²) in [5.41, 5.74) is 0.857. The summed E-state index contributed by atoms with van der Waals surface area (Å²) < 4.78 is 21.9. The van der Waals surface area contributed by atoms with E-state index in [2.05, 4.69) is 10.2 Å². The van der Waals surface area contributed by atoms with Crippen molar-refractivity contribution in [3.05, 3.63) is 48.5 Å². The average molecular weight is 372 g/mol. The van der Waals surface area contributed by atoms with Crippen LogP contribution in [0.4, 0.5) is 0 Å². The number of hydrogen-bond acceptors (Lipinski definition) is 7. The zero-order chi connectivity index (χ0) is 18.2. The Hall–Kier alpha value is -2.67. The lowest BCUT2D eigenvalue weighted by Crippen LogP contribution is -2.00. The molecule has 0 N–H and O–H groups in total. The lowest BCUT2D eigenvalue weighted by Gasteiger charge is -2.06. The SMILES string of the molecule is CCOc1ccc(OCCSc2nnc(-c3ccc(OC)cc3)o2)cc1. The molecule has 2 aromatic carbocycles. The fourth-order valence-corrected chi connectivity index (χ4v) is 2.78. The normalized spacial score (nSPS) is 10.5. The lowest BCUT2D eigenvalue weighted by atomic mass is 10.2. The summed E-state index contributed by atoms with van der Waals surface area (Å²) in [4.78, 5) is 0. The molecule has 0 saturated carbocycles. The molecule has 1 aromatic heterocycles. The van der Waals surface area contributed by atoms with Crippen LogP contribution in [-0.4, -0.2) is 36.3 Å². The fourth-order valence-electron chi connectivity index (χ4n) is 2.21. The highest BCUT2D eigenvalue weighted by Gasteiger charge is 2.09. The van der Waals surface area contributed by atoms with E-state index in [9.17, 15) is 0 Å². The number of methoxy groups -OCH3 is 1. The van der Waals surface area contributed by atoms with Gasteiger partial charge in [-0.2, -0.15) is 0 Å². The Morgan fingerprint density at radius 1 is 0.885 bits per heavy atom. The van der Waals surface area contributed by atoms with Gasteiger partial charge in [0.15, 0.2) is 0 Å². The Morgan fingerprint density at radius 3 is 2.19 bits per heavy atom. The van der Waals surface area contributed by atoms with E-state index in [1.807, 2.05) is 55.5 Å². The van der Waals surface area contributed by atoms with E-state index in [-0.39, 0.29) is 0 Å². The lowest BCUT2D eigenvalue weighted by molar-refractivity contribution is 0.332. The van der Waals surface area contributed by atoms with Crippen molar-refractivity contribution in [3.63, 3.8) is 0 Å². The Balaban J connectivity index is 1.45. The maximum absolute atomic E-state index is 5.70. The molecule has 0 aliphatic rings. The van der Waals surface area contributed by atoms with Crippen LogP contribution < -0.4 is 14.2 Å². The van der Waals surface area contributed by atoms with E-state index in [0.717, 1.165) is 22.8 Å². The Labute approximate surface area is 156 Å². The molecular weight excluding hydrogens is 352 g/mol. The number of hydrogen-bond donors (Lipinski definition) is 0. The van der Waals surface area contributed by atoms with Gasteiger partial charge in [-0.1, -0.05) is 11.8 Å². The third-order valence-electron chi connectivity index (χ3n) is 3.46. The van der Waals surface area contributed by atoms with Gasteiger partial charge in [0.25, 0.3) is 5.22 Å². The molecule has 0 saturated heterocycles. The highest BCUT2D eigenvalue weighted by molar-refractivity contribution is 7.99. The molecule has 0 amide bonds. The number of aromatic nitrogens is 2. The van der Waals surface area contributed by atoms with Crippen LogP contribution in [0, 0.1) is 0 Å². The molecule has 0 aliphatic heterocycles. The van der Waals surface area contributed by atoms with Gasteiger partial charge in [-0.25, -0.2) is 0 Å². The van der Waals surface area contributed by atoms with Crippen LogP contribution >= 0.6 is 11.8 Å². The van der Waals surface area contributed by atoms with Crippen molar-refractivity contribution in [2.75, 3.05) is 26.1 Å². The minimum atomic E-state index is 0.489. The van der Waals surface area contributed by atoms with E-state index in [0.29, 0.717) is 30.1 Å². The predicted octanol–water partition coefficient (Wildman–Crippen LogP) is 4.32. The first-order chi connectivity index (χ1) is 12.8. The molecule has 3 rings (SSSR count). The molecule has 0 fully saturated rings. The van der Waals surface area contributed by atoms with Gasteiger partial charge >= 0.3 is 0 Å². The average Bonchev–Trinajstić information content (AvgIpc) is 3.16. The van der Waals surface area contributed by atoms with Crippen LogP contribution in [0.25, 0.3) is 11.5 Å². The van der Waals surface area contributed by atoms with Gasteiger partial charge in [-0.3, -0.25) is 0 Å². The summed E-state index contributed by atoms with van der Waals surface area (Å²) in [6.45, 7) is 3.15. The highest BCUT2D eigenvalue weighted by atomic mass is 32.2. The number of ether oxygens (including phenoxy) is 3. The number of rotatable bonds is 9. The van der Waals surface area contributed by atoms with Gasteiger partial charge in [0.2, 0.25) is 5.89 Å². The van der Waals surface area contributed by atoms with Gasteiger partial charge in [0, 0.05) is 11.3 Å². The first-order valence-electron chi connectivity index (χ1n) is 8.25. The summed E-state index contributed by atoms with van der Waals surface area (Å²) in [6, 6.07) is 15.1. The molecule has 136 valence electrons. The first kappa shape index (κ1) is 18.1. The quantitative estimate of drug-likeness (QED) is 0.409. The van der Waals surface area contributed by atoms with E-state index >= 15 is 0 Å². The minimum absolute atomic E-state index is 0.489. The molecule has 0 aliphatic carbocycles. The number of nitrogens with zero attached hydrogens (tertiary/aromatic N) is 2. The fraction of sp³-hybridized carbons (Fsp3) is 0.263. The van der Waals surface area contributed by atoms with Crippen molar-refractivity contribution in [2.45, 2.75) is 12.1 Å². The van der Waals surface area contributed by atoms with Crippen molar-refractivity contribution in [3.8, 4) is 28.7 Å². The first-order valence-corrected chi connectivity index (χ1v) is 9.23. The monoisotopic (exact) mass is 372 g/mol. The molecule has 3 aromatic rings. The van der Waals surface area contributed by atoms with Crippen molar-refractivity contribution >= 4 is 11.8 Å². The zero-order valence-electron chi connectivity index (χ0n) is 14.7. The Bertz CT molecular complexity index is 803. The van der Waals surface area contributed by atoms with E-state index in [4.69, 9.17) is 18.6 Å². The van der Waals surface area contributed by atoms with Crippen LogP contribution in [0.1, 0.15) is 6.92 Å². The Kier molecular flexibility index (Phi) is 6.38. The molecule has 0 atom stereocenters. The molecule has 26 heavy (non-hydrogen) atoms. The van der Waals surface area contributed by atoms with Crippen LogP contribution in [0.3, 0.4) is 0 Å². The third kappa shape index (κ3) is 4.92. The number of thioether (sulfide) groups is 1. The molecular formula is C19H20N2O4S. The summed E-state index contributed by atoms with van der Waals surface area (Å²) in [5, 5.41) is 8.65. The van der Waals surface area contributed by atoms with Crippen molar-refractivity contribution in [1.29, 1.82) is 0 Å². The molecule has 1 heterocycles. The molecule has 0 unspecified atom stereocenters. The third-order valence-corrected chi connectivity index (χ3v) is 4.24. The van der Waals surface area contributed by atoms with Gasteiger partial charge in [0.1, 0.15) is 17.2 Å². The van der Waals surface area contributed by atoms with Crippen molar-refractivity contribution in [2.24, 2.45) is 0 Å². The molecule has 0 bridgehead atoms. The maximum atomic E-state index is 5.70. The zero-order valence-corrected chi connectivity index (χ0v) is 15.5.